The van der Waals surface area contributed by atoms with E-state index in [9.17, 15) is 9.18 Å². The number of carbonyl (C=O) groups is 1. The minimum absolute atomic E-state index is 0.0211. The van der Waals surface area contributed by atoms with Gasteiger partial charge in [0.1, 0.15) is 5.82 Å². The molecule has 1 aliphatic heterocycles. The average molecular weight is 264 g/mol. The Kier molecular flexibility index (Phi) is 4.20. The van der Waals surface area contributed by atoms with Gasteiger partial charge in [0.25, 0.3) is 0 Å². The molecule has 19 heavy (non-hydrogen) atoms. The monoisotopic (exact) mass is 264 g/mol. The highest BCUT2D eigenvalue weighted by atomic mass is 19.1. The summed E-state index contributed by atoms with van der Waals surface area (Å²) in [6.45, 7) is 6.51. The smallest absolute Gasteiger partial charge is 0.223 e. The van der Waals surface area contributed by atoms with Gasteiger partial charge in [-0.25, -0.2) is 4.39 Å². The topological polar surface area (TPSA) is 32.3 Å². The van der Waals surface area contributed by atoms with Crippen LogP contribution in [0.2, 0.25) is 0 Å². The SMILES string of the molecule is CC1(C)CN(C(=O)CCc2cccc(F)c2)CCN1. The first kappa shape index (κ1) is 14.0. The van der Waals surface area contributed by atoms with Gasteiger partial charge in [0.05, 0.1) is 0 Å². The number of benzene rings is 1. The molecule has 0 bridgehead atoms. The van der Waals surface area contributed by atoms with Gasteiger partial charge in [0.15, 0.2) is 0 Å². The van der Waals surface area contributed by atoms with Gasteiger partial charge in [-0.05, 0) is 38.0 Å². The number of rotatable bonds is 3. The van der Waals surface area contributed by atoms with Crippen molar-refractivity contribution in [3.05, 3.63) is 35.6 Å². The highest BCUT2D eigenvalue weighted by Gasteiger charge is 2.28. The molecule has 0 unspecified atom stereocenters. The molecule has 1 aromatic rings. The van der Waals surface area contributed by atoms with Gasteiger partial charge in [-0.15, -0.1) is 0 Å². The third kappa shape index (κ3) is 4.03. The molecule has 104 valence electrons. The molecule has 1 aromatic carbocycles. The fourth-order valence-electron chi connectivity index (χ4n) is 2.46. The van der Waals surface area contributed by atoms with E-state index in [0.717, 1.165) is 25.2 Å². The van der Waals surface area contributed by atoms with E-state index in [4.69, 9.17) is 0 Å². The van der Waals surface area contributed by atoms with Crippen LogP contribution >= 0.6 is 0 Å². The summed E-state index contributed by atoms with van der Waals surface area (Å²) in [5.41, 5.74) is 0.856. The predicted octanol–water partition coefficient (Wildman–Crippen LogP) is 1.97. The molecule has 0 saturated carbocycles. The van der Waals surface area contributed by atoms with Gasteiger partial charge in [0, 0.05) is 31.6 Å². The second kappa shape index (κ2) is 5.70. The minimum atomic E-state index is -0.242. The summed E-state index contributed by atoms with van der Waals surface area (Å²) in [5, 5.41) is 3.38. The van der Waals surface area contributed by atoms with Crippen LogP contribution < -0.4 is 5.32 Å². The second-order valence-corrected chi connectivity index (χ2v) is 5.76. The van der Waals surface area contributed by atoms with Crippen LogP contribution in [0.15, 0.2) is 24.3 Å². The standard InChI is InChI=1S/C15H21FN2O/c1-15(2)11-18(9-8-17-15)14(19)7-6-12-4-3-5-13(16)10-12/h3-5,10,17H,6-9,11H2,1-2H3. The molecule has 2 rings (SSSR count). The summed E-state index contributed by atoms with van der Waals surface area (Å²) in [6.07, 6.45) is 1.04. The maximum absolute atomic E-state index is 13.0. The molecule has 1 aliphatic rings. The van der Waals surface area contributed by atoms with Gasteiger partial charge in [0.2, 0.25) is 5.91 Å². The van der Waals surface area contributed by atoms with Crippen LogP contribution in [0.5, 0.6) is 0 Å². The van der Waals surface area contributed by atoms with Crippen LogP contribution in [-0.4, -0.2) is 36.0 Å². The molecule has 1 saturated heterocycles. The number of hydrogen-bond acceptors (Lipinski definition) is 2. The summed E-state index contributed by atoms with van der Waals surface area (Å²) in [5.74, 6) is -0.0907. The number of nitrogens with one attached hydrogen (secondary N) is 1. The molecule has 1 heterocycles. The van der Waals surface area contributed by atoms with Crippen molar-refractivity contribution in [3.63, 3.8) is 0 Å². The molecule has 0 spiro atoms. The Morgan fingerprint density at radius 1 is 1.47 bits per heavy atom. The first-order valence-electron chi connectivity index (χ1n) is 6.73. The average Bonchev–Trinajstić information content (AvgIpc) is 2.35. The lowest BCUT2D eigenvalue weighted by Gasteiger charge is -2.39. The van der Waals surface area contributed by atoms with Gasteiger partial charge < -0.3 is 10.2 Å². The van der Waals surface area contributed by atoms with E-state index < -0.39 is 0 Å². The molecular formula is C15H21FN2O. The van der Waals surface area contributed by atoms with E-state index in [1.54, 1.807) is 6.07 Å². The zero-order valence-corrected chi connectivity index (χ0v) is 11.6. The number of halogens is 1. The third-order valence-corrected chi connectivity index (χ3v) is 3.44. The van der Waals surface area contributed by atoms with Crippen molar-refractivity contribution in [1.29, 1.82) is 0 Å². The molecule has 0 aromatic heterocycles. The Morgan fingerprint density at radius 2 is 2.26 bits per heavy atom. The zero-order chi connectivity index (χ0) is 13.9. The molecule has 0 radical (unpaired) electrons. The van der Waals surface area contributed by atoms with Crippen molar-refractivity contribution < 1.29 is 9.18 Å². The Morgan fingerprint density at radius 3 is 2.95 bits per heavy atom. The summed E-state index contributed by atoms with van der Waals surface area (Å²) in [6, 6.07) is 6.46. The normalized spacial score (nSPS) is 18.4. The number of nitrogens with zero attached hydrogens (tertiary/aromatic N) is 1. The van der Waals surface area contributed by atoms with Crippen LogP contribution in [-0.2, 0) is 11.2 Å². The maximum Gasteiger partial charge on any atom is 0.223 e. The second-order valence-electron chi connectivity index (χ2n) is 5.76. The highest BCUT2D eigenvalue weighted by Crippen LogP contribution is 2.13. The van der Waals surface area contributed by atoms with Crippen LogP contribution in [0.4, 0.5) is 4.39 Å². The summed E-state index contributed by atoms with van der Waals surface area (Å²) in [4.78, 5) is 14.0. The van der Waals surface area contributed by atoms with Gasteiger partial charge in [-0.1, -0.05) is 12.1 Å². The quantitative estimate of drug-likeness (QED) is 0.905. The van der Waals surface area contributed by atoms with E-state index in [2.05, 4.69) is 19.2 Å². The van der Waals surface area contributed by atoms with Crippen molar-refractivity contribution >= 4 is 5.91 Å². The molecule has 1 N–H and O–H groups in total. The fourth-order valence-corrected chi connectivity index (χ4v) is 2.46. The Hall–Kier alpha value is -1.42. The number of aryl methyl sites for hydroxylation is 1. The van der Waals surface area contributed by atoms with Gasteiger partial charge in [-0.3, -0.25) is 4.79 Å². The third-order valence-electron chi connectivity index (χ3n) is 3.44. The number of hydrogen-bond donors (Lipinski definition) is 1. The van der Waals surface area contributed by atoms with Gasteiger partial charge in [-0.2, -0.15) is 0 Å². The lowest BCUT2D eigenvalue weighted by atomic mass is 10.0. The fraction of sp³-hybridized carbons (Fsp3) is 0.533. The summed E-state index contributed by atoms with van der Waals surface area (Å²) >= 11 is 0. The largest absolute Gasteiger partial charge is 0.340 e. The van der Waals surface area contributed by atoms with E-state index in [1.165, 1.54) is 12.1 Å². The van der Waals surface area contributed by atoms with Crippen LogP contribution in [0, 0.1) is 5.82 Å². The molecule has 3 nitrogen and oxygen atoms in total. The maximum atomic E-state index is 13.0. The molecule has 4 heteroatoms. The lowest BCUT2D eigenvalue weighted by molar-refractivity contribution is -0.133. The van der Waals surface area contributed by atoms with E-state index >= 15 is 0 Å². The van der Waals surface area contributed by atoms with Gasteiger partial charge >= 0.3 is 0 Å². The summed E-state index contributed by atoms with van der Waals surface area (Å²) in [7, 11) is 0. The minimum Gasteiger partial charge on any atom is -0.340 e. The van der Waals surface area contributed by atoms with E-state index in [0.29, 0.717) is 12.8 Å². The Labute approximate surface area is 113 Å². The molecular weight excluding hydrogens is 243 g/mol. The number of amides is 1. The highest BCUT2D eigenvalue weighted by molar-refractivity contribution is 5.76. The van der Waals surface area contributed by atoms with Crippen molar-refractivity contribution in [2.45, 2.75) is 32.2 Å². The molecule has 1 fully saturated rings. The lowest BCUT2D eigenvalue weighted by Crippen LogP contribution is -2.58. The zero-order valence-electron chi connectivity index (χ0n) is 11.6. The van der Waals surface area contributed by atoms with Crippen molar-refractivity contribution in [2.75, 3.05) is 19.6 Å². The Bertz CT molecular complexity index is 459. The molecule has 1 amide bonds. The van der Waals surface area contributed by atoms with Crippen molar-refractivity contribution in [2.24, 2.45) is 0 Å². The first-order valence-corrected chi connectivity index (χ1v) is 6.73. The predicted molar refractivity (Wildman–Crippen MR) is 73.4 cm³/mol. The number of piperazine rings is 1. The van der Waals surface area contributed by atoms with Crippen LogP contribution in [0.1, 0.15) is 25.8 Å². The molecule has 0 aliphatic carbocycles. The van der Waals surface area contributed by atoms with E-state index in [-0.39, 0.29) is 17.3 Å². The van der Waals surface area contributed by atoms with Crippen molar-refractivity contribution in [1.82, 2.24) is 10.2 Å². The first-order chi connectivity index (χ1) is 8.96. The Balaban J connectivity index is 1.87. The summed E-state index contributed by atoms with van der Waals surface area (Å²) < 4.78 is 13.0. The van der Waals surface area contributed by atoms with Crippen molar-refractivity contribution in [3.8, 4) is 0 Å². The van der Waals surface area contributed by atoms with Crippen LogP contribution in [0.3, 0.4) is 0 Å². The number of carbonyl (C=O) groups excluding carboxylic acids is 1. The van der Waals surface area contributed by atoms with E-state index in [1.807, 2.05) is 11.0 Å². The molecule has 0 atom stereocenters. The van der Waals surface area contributed by atoms with Crippen LogP contribution in [0.25, 0.3) is 0 Å².